The van der Waals surface area contributed by atoms with Gasteiger partial charge < -0.3 is 9.88 Å². The summed E-state index contributed by atoms with van der Waals surface area (Å²) >= 11 is 8.64. The van der Waals surface area contributed by atoms with Crippen molar-refractivity contribution in [3.8, 4) is 10.7 Å². The molecule has 1 aliphatic carbocycles. The van der Waals surface area contributed by atoms with E-state index in [2.05, 4.69) is 50.1 Å². The highest BCUT2D eigenvalue weighted by Gasteiger charge is 2.27. The molecule has 4 aromatic heterocycles. The number of nitrogens with one attached hydrogen (secondary N) is 1. The van der Waals surface area contributed by atoms with Crippen LogP contribution in [0, 0.1) is 19.8 Å². The fourth-order valence-corrected chi connectivity index (χ4v) is 6.18. The number of halogens is 1. The number of carbonyl (C=O) groups excluding carboxylic acids is 1. The number of aromatic nitrogens is 5. The predicted molar refractivity (Wildman–Crippen MR) is 144 cm³/mol. The number of nitrogens with zero attached hydrogens (tertiary/aromatic N) is 5. The largest absolute Gasteiger partial charge is 0.356 e. The van der Waals surface area contributed by atoms with Crippen LogP contribution in [0.3, 0.4) is 0 Å². The van der Waals surface area contributed by atoms with Crippen molar-refractivity contribution in [3.63, 3.8) is 0 Å². The average Bonchev–Trinajstić information content (AvgIpc) is 3.51. The van der Waals surface area contributed by atoms with Gasteiger partial charge in [0.25, 0.3) is 0 Å². The van der Waals surface area contributed by atoms with Crippen LogP contribution in [-0.2, 0) is 11.2 Å². The zero-order chi connectivity index (χ0) is 24.9. The van der Waals surface area contributed by atoms with Crippen LogP contribution >= 0.6 is 34.3 Å². The number of aryl methyl sites for hydroxylation is 2. The lowest BCUT2D eigenvalue weighted by Gasteiger charge is -2.31. The van der Waals surface area contributed by atoms with Crippen molar-refractivity contribution in [2.75, 3.05) is 0 Å². The van der Waals surface area contributed by atoms with Crippen LogP contribution in [0.2, 0.25) is 4.34 Å². The Morgan fingerprint density at radius 1 is 1.23 bits per heavy atom. The van der Waals surface area contributed by atoms with Gasteiger partial charge in [-0.3, -0.25) is 9.78 Å². The highest BCUT2D eigenvalue weighted by Crippen LogP contribution is 2.34. The Hall–Kier alpha value is -2.36. The fourth-order valence-electron chi connectivity index (χ4n) is 4.54. The standard InChI is InChI=1S/C21H27N5OS.C4H4ClNS/c1-13(2)7-20-25-18-10-22-17(21-24-14(3)11-28-21)9-19(18)26(20)16-6-4-5-15(8-16)23-12-27;1-3-6-2-4(5)7-3/h9-13,15-16H,4-8H2,1-3H3,(H,23,27);2H,1H3. The monoisotopic (exact) mass is 530 g/mol. The Kier molecular flexibility index (Phi) is 8.51. The van der Waals surface area contributed by atoms with Crippen LogP contribution < -0.4 is 5.32 Å². The molecule has 1 aliphatic rings. The molecule has 186 valence electrons. The molecule has 7 nitrogen and oxygen atoms in total. The molecule has 0 radical (unpaired) electrons. The minimum absolute atomic E-state index is 0.239. The molecule has 0 spiro atoms. The fraction of sp³-hybridized carbons (Fsp3) is 0.480. The van der Waals surface area contributed by atoms with Crippen LogP contribution in [0.25, 0.3) is 21.7 Å². The van der Waals surface area contributed by atoms with E-state index < -0.39 is 0 Å². The van der Waals surface area contributed by atoms with Crippen molar-refractivity contribution in [1.29, 1.82) is 0 Å². The number of thiazole rings is 2. The molecule has 0 aromatic carbocycles. The minimum Gasteiger partial charge on any atom is -0.356 e. The maximum Gasteiger partial charge on any atom is 0.207 e. The molecule has 4 aromatic rings. The highest BCUT2D eigenvalue weighted by atomic mass is 35.5. The summed E-state index contributed by atoms with van der Waals surface area (Å²) in [5, 5.41) is 7.01. The van der Waals surface area contributed by atoms with Crippen molar-refractivity contribution in [2.24, 2.45) is 5.92 Å². The van der Waals surface area contributed by atoms with E-state index >= 15 is 0 Å². The van der Waals surface area contributed by atoms with Gasteiger partial charge in [0.05, 0.1) is 22.9 Å². The van der Waals surface area contributed by atoms with Gasteiger partial charge in [0.2, 0.25) is 6.41 Å². The van der Waals surface area contributed by atoms with E-state index in [1.807, 2.05) is 20.0 Å². The number of rotatable bonds is 6. The number of amides is 1. The molecule has 35 heavy (non-hydrogen) atoms. The van der Waals surface area contributed by atoms with Gasteiger partial charge in [-0.05, 0) is 51.5 Å². The molecule has 5 rings (SSSR count). The SMILES string of the molecule is Cc1csc(-c2cc3c(cn2)nc(CC(C)C)n3C2CCCC(NC=O)C2)n1.Cc1ncc(Cl)s1. The summed E-state index contributed by atoms with van der Waals surface area (Å²) in [7, 11) is 0. The van der Waals surface area contributed by atoms with Crippen LogP contribution in [0.4, 0.5) is 0 Å². The van der Waals surface area contributed by atoms with Crippen LogP contribution in [0.5, 0.6) is 0 Å². The number of carbonyl (C=O) groups is 1. The molecular formula is C25H31ClN6OS2. The van der Waals surface area contributed by atoms with Crippen molar-refractivity contribution in [3.05, 3.63) is 44.7 Å². The summed E-state index contributed by atoms with van der Waals surface area (Å²) in [5.74, 6) is 1.65. The number of pyridine rings is 1. The van der Waals surface area contributed by atoms with Crippen molar-refractivity contribution in [2.45, 2.75) is 71.9 Å². The summed E-state index contributed by atoms with van der Waals surface area (Å²) in [6.07, 6.45) is 9.52. The number of fused-ring (bicyclic) bond motifs is 1. The molecule has 2 atom stereocenters. The normalized spacial score (nSPS) is 17.9. The first-order valence-corrected chi connectivity index (χ1v) is 14.0. The Labute approximate surface area is 219 Å². The average molecular weight is 531 g/mol. The Bertz CT molecular complexity index is 1260. The molecule has 1 N–H and O–H groups in total. The summed E-state index contributed by atoms with van der Waals surface area (Å²) in [5.41, 5.74) is 4.00. The lowest BCUT2D eigenvalue weighted by molar-refractivity contribution is -0.110. The smallest absolute Gasteiger partial charge is 0.207 e. The third-order valence-corrected chi connectivity index (χ3v) is 8.00. The zero-order valence-corrected chi connectivity index (χ0v) is 22.9. The number of hydrogen-bond donors (Lipinski definition) is 1. The first kappa shape index (κ1) is 25.7. The molecule has 1 amide bonds. The predicted octanol–water partition coefficient (Wildman–Crippen LogP) is 6.40. The first-order chi connectivity index (χ1) is 16.8. The Morgan fingerprint density at radius 2 is 2.06 bits per heavy atom. The summed E-state index contributed by atoms with van der Waals surface area (Å²) < 4.78 is 3.18. The molecule has 0 bridgehead atoms. The van der Waals surface area contributed by atoms with E-state index in [-0.39, 0.29) is 6.04 Å². The quantitative estimate of drug-likeness (QED) is 0.292. The van der Waals surface area contributed by atoms with Gasteiger partial charge in [0, 0.05) is 29.6 Å². The molecule has 0 saturated heterocycles. The second-order valence-corrected chi connectivity index (χ2v) is 12.1. The van der Waals surface area contributed by atoms with Gasteiger partial charge >= 0.3 is 0 Å². The van der Waals surface area contributed by atoms with Gasteiger partial charge in [0.15, 0.2) is 0 Å². The lowest BCUT2D eigenvalue weighted by Crippen LogP contribution is -2.34. The third-order valence-electron chi connectivity index (χ3n) is 5.99. The van der Waals surface area contributed by atoms with E-state index in [9.17, 15) is 4.79 Å². The van der Waals surface area contributed by atoms with Gasteiger partial charge in [-0.25, -0.2) is 15.0 Å². The Balaban J connectivity index is 0.000000356. The zero-order valence-electron chi connectivity index (χ0n) is 20.5. The third kappa shape index (κ3) is 6.45. The van der Waals surface area contributed by atoms with E-state index in [1.54, 1.807) is 17.5 Å². The van der Waals surface area contributed by atoms with E-state index in [0.29, 0.717) is 12.0 Å². The number of hydrogen-bond acceptors (Lipinski definition) is 7. The summed E-state index contributed by atoms with van der Waals surface area (Å²) in [6.45, 7) is 8.38. The van der Waals surface area contributed by atoms with Crippen LogP contribution in [0.15, 0.2) is 23.8 Å². The maximum absolute atomic E-state index is 11.0. The van der Waals surface area contributed by atoms with Gasteiger partial charge in [-0.2, -0.15) is 0 Å². The Morgan fingerprint density at radius 3 is 2.66 bits per heavy atom. The van der Waals surface area contributed by atoms with Crippen LogP contribution in [0.1, 0.15) is 62.1 Å². The van der Waals surface area contributed by atoms with Crippen molar-refractivity contribution in [1.82, 2.24) is 29.8 Å². The van der Waals surface area contributed by atoms with Crippen molar-refractivity contribution >= 4 is 51.7 Å². The second-order valence-electron chi connectivity index (χ2n) is 9.33. The molecule has 1 saturated carbocycles. The molecule has 0 aliphatic heterocycles. The van der Waals surface area contributed by atoms with Crippen molar-refractivity contribution < 1.29 is 4.79 Å². The summed E-state index contributed by atoms with van der Waals surface area (Å²) in [6, 6.07) is 2.73. The van der Waals surface area contributed by atoms with E-state index in [0.717, 1.165) is 81.1 Å². The van der Waals surface area contributed by atoms with Gasteiger partial charge in [-0.15, -0.1) is 22.7 Å². The molecule has 4 heterocycles. The summed E-state index contributed by atoms with van der Waals surface area (Å²) in [4.78, 5) is 29.0. The highest BCUT2D eigenvalue weighted by molar-refractivity contribution is 7.15. The lowest BCUT2D eigenvalue weighted by atomic mass is 9.90. The van der Waals surface area contributed by atoms with Gasteiger partial charge in [0.1, 0.15) is 26.4 Å². The van der Waals surface area contributed by atoms with Gasteiger partial charge in [-0.1, -0.05) is 25.4 Å². The molecule has 10 heteroatoms. The minimum atomic E-state index is 0.239. The topological polar surface area (TPSA) is 85.6 Å². The maximum atomic E-state index is 11.0. The molecular weight excluding hydrogens is 500 g/mol. The molecule has 1 fully saturated rings. The van der Waals surface area contributed by atoms with E-state index in [4.69, 9.17) is 16.6 Å². The first-order valence-electron chi connectivity index (χ1n) is 11.9. The number of imidazole rings is 1. The van der Waals surface area contributed by atoms with E-state index in [1.165, 1.54) is 11.3 Å². The second kappa shape index (κ2) is 11.6. The molecule has 2 unspecified atom stereocenters. The van der Waals surface area contributed by atoms with Crippen LogP contribution in [-0.4, -0.2) is 37.0 Å².